The molecule has 0 spiro atoms. The number of rotatable bonds is 6. The molecular weight excluding hydrogens is 498 g/mol. The van der Waals surface area contributed by atoms with E-state index < -0.39 is 30.5 Å². The Balaban J connectivity index is 1.46. The van der Waals surface area contributed by atoms with Crippen molar-refractivity contribution in [2.24, 2.45) is 0 Å². The zero-order valence-electron chi connectivity index (χ0n) is 19.9. The molecule has 0 bridgehead atoms. The summed E-state index contributed by atoms with van der Waals surface area (Å²) in [4.78, 5) is 13.4. The van der Waals surface area contributed by atoms with Gasteiger partial charge in [-0.1, -0.05) is 71.8 Å². The number of nitrogens with one attached hydrogen (secondary N) is 2. The first-order valence-electron chi connectivity index (χ1n) is 11.8. The van der Waals surface area contributed by atoms with Crippen molar-refractivity contribution in [2.75, 3.05) is 10.6 Å². The minimum Gasteiger partial charge on any atom is -0.384 e. The van der Waals surface area contributed by atoms with E-state index >= 15 is 0 Å². The van der Waals surface area contributed by atoms with Gasteiger partial charge in [0.1, 0.15) is 23.5 Å². The molecule has 0 unspecified atom stereocenters. The van der Waals surface area contributed by atoms with Crippen LogP contribution in [0.4, 0.5) is 20.3 Å². The van der Waals surface area contributed by atoms with Crippen LogP contribution >= 0.6 is 11.6 Å². The summed E-state index contributed by atoms with van der Waals surface area (Å²) in [6.45, 7) is 1.96. The Morgan fingerprint density at radius 3 is 2.57 bits per heavy atom. The van der Waals surface area contributed by atoms with Crippen LogP contribution in [0, 0.1) is 6.92 Å². The molecule has 37 heavy (non-hydrogen) atoms. The van der Waals surface area contributed by atoms with E-state index in [2.05, 4.69) is 15.7 Å². The molecule has 1 aliphatic heterocycles. The molecule has 9 heteroatoms. The third kappa shape index (κ3) is 5.08. The van der Waals surface area contributed by atoms with Crippen molar-refractivity contribution in [3.8, 4) is 0 Å². The van der Waals surface area contributed by atoms with E-state index in [4.69, 9.17) is 11.6 Å². The number of fused-ring (bicyclic) bond motifs is 1. The normalized spacial score (nSPS) is 17.7. The monoisotopic (exact) mass is 522 g/mol. The molecular formula is C28H25ClF2N4O2. The fourth-order valence-electron chi connectivity index (χ4n) is 4.59. The van der Waals surface area contributed by atoms with Gasteiger partial charge in [0, 0.05) is 16.3 Å². The summed E-state index contributed by atoms with van der Waals surface area (Å²) >= 11 is 6.19. The van der Waals surface area contributed by atoms with Crippen LogP contribution in [0.15, 0.2) is 79.0 Å². The summed E-state index contributed by atoms with van der Waals surface area (Å²) in [6.07, 6.45) is -2.29. The fourth-order valence-corrected chi connectivity index (χ4v) is 4.78. The van der Waals surface area contributed by atoms with E-state index in [0.717, 1.165) is 11.1 Å². The number of halogens is 3. The number of carbonyl (C=O) groups excluding carboxylic acids is 1. The van der Waals surface area contributed by atoms with Crippen LogP contribution in [0.25, 0.3) is 0 Å². The van der Waals surface area contributed by atoms with E-state index in [1.165, 1.54) is 10.9 Å². The van der Waals surface area contributed by atoms with Crippen molar-refractivity contribution in [1.29, 1.82) is 0 Å². The Morgan fingerprint density at radius 1 is 1.14 bits per heavy atom. The van der Waals surface area contributed by atoms with E-state index in [1.54, 1.807) is 42.5 Å². The maximum absolute atomic E-state index is 14.0. The predicted octanol–water partition coefficient (Wildman–Crippen LogP) is 6.54. The molecule has 1 aromatic heterocycles. The molecule has 0 saturated carbocycles. The van der Waals surface area contributed by atoms with Gasteiger partial charge in [0.2, 0.25) is 0 Å². The van der Waals surface area contributed by atoms with Crippen LogP contribution in [0.5, 0.6) is 0 Å². The van der Waals surface area contributed by atoms with Crippen molar-refractivity contribution < 1.29 is 18.7 Å². The number of aryl methyl sites for hydroxylation is 1. The van der Waals surface area contributed by atoms with Gasteiger partial charge in [0.15, 0.2) is 0 Å². The first-order chi connectivity index (χ1) is 17.8. The molecule has 1 aliphatic rings. The second-order valence-corrected chi connectivity index (χ2v) is 9.53. The van der Waals surface area contributed by atoms with E-state index in [9.17, 15) is 18.7 Å². The second-order valence-electron chi connectivity index (χ2n) is 9.10. The molecule has 5 rings (SSSR count). The number of amides is 1. The molecule has 0 aliphatic carbocycles. The van der Waals surface area contributed by atoms with Crippen LogP contribution < -0.4 is 10.6 Å². The minimum absolute atomic E-state index is 0.123. The maximum Gasteiger partial charge on any atom is 0.261 e. The Morgan fingerprint density at radius 2 is 1.86 bits per heavy atom. The minimum atomic E-state index is -2.66. The highest BCUT2D eigenvalue weighted by Crippen LogP contribution is 2.40. The highest BCUT2D eigenvalue weighted by molar-refractivity contribution is 6.30. The molecule has 0 fully saturated rings. The molecule has 3 N–H and O–H groups in total. The molecule has 3 aromatic carbocycles. The van der Waals surface area contributed by atoms with Gasteiger partial charge >= 0.3 is 0 Å². The molecule has 0 saturated heterocycles. The fraction of sp³-hybridized carbons (Fsp3) is 0.214. The zero-order chi connectivity index (χ0) is 26.1. The van der Waals surface area contributed by atoms with Gasteiger partial charge in [-0.05, 0) is 42.7 Å². The number of benzene rings is 3. The molecule has 2 heterocycles. The Hall–Kier alpha value is -3.75. The summed E-state index contributed by atoms with van der Waals surface area (Å²) in [5, 5.41) is 21.6. The third-order valence-electron chi connectivity index (χ3n) is 6.58. The van der Waals surface area contributed by atoms with Crippen LogP contribution in [-0.2, 0) is 0 Å². The number of aliphatic hydroxyl groups is 1. The topological polar surface area (TPSA) is 79.2 Å². The summed E-state index contributed by atoms with van der Waals surface area (Å²) < 4.78 is 29.2. The molecule has 3 atom stereocenters. The maximum atomic E-state index is 14.0. The summed E-state index contributed by atoms with van der Waals surface area (Å²) in [5.41, 5.74) is 3.42. The van der Waals surface area contributed by atoms with Gasteiger partial charge in [-0.3, -0.25) is 4.79 Å². The van der Waals surface area contributed by atoms with Crippen LogP contribution in [0.1, 0.15) is 57.2 Å². The largest absolute Gasteiger partial charge is 0.384 e. The number of nitrogens with zero attached hydrogens (tertiary/aromatic N) is 2. The van der Waals surface area contributed by atoms with Crippen LogP contribution in [0.2, 0.25) is 5.02 Å². The highest BCUT2D eigenvalue weighted by atomic mass is 35.5. The van der Waals surface area contributed by atoms with Gasteiger partial charge in [-0.25, -0.2) is 13.5 Å². The van der Waals surface area contributed by atoms with Crippen LogP contribution in [0.3, 0.4) is 0 Å². The van der Waals surface area contributed by atoms with Crippen molar-refractivity contribution in [1.82, 2.24) is 9.78 Å². The number of aliphatic hydroxyl groups excluding tert-OH is 1. The average Bonchev–Trinajstić information content (AvgIpc) is 3.34. The quantitative estimate of drug-likeness (QED) is 0.268. The van der Waals surface area contributed by atoms with E-state index in [1.807, 2.05) is 37.3 Å². The first kappa shape index (κ1) is 24.9. The lowest BCUT2D eigenvalue weighted by Gasteiger charge is -2.32. The third-order valence-corrected chi connectivity index (χ3v) is 6.82. The molecule has 0 radical (unpaired) electrons. The van der Waals surface area contributed by atoms with Crippen molar-refractivity contribution in [3.63, 3.8) is 0 Å². The van der Waals surface area contributed by atoms with Gasteiger partial charge in [0.25, 0.3) is 12.3 Å². The lowest BCUT2D eigenvalue weighted by atomic mass is 9.96. The Bertz CT molecular complexity index is 1410. The van der Waals surface area contributed by atoms with Gasteiger partial charge < -0.3 is 15.7 Å². The number of carbonyl (C=O) groups is 1. The molecule has 190 valence electrons. The second kappa shape index (κ2) is 10.3. The number of anilines is 2. The van der Waals surface area contributed by atoms with E-state index in [-0.39, 0.29) is 17.8 Å². The predicted molar refractivity (Wildman–Crippen MR) is 139 cm³/mol. The average molecular weight is 523 g/mol. The standard InChI is InChI=1S/C28H25ClF2N4O2/c1-16-7-9-17(10-8-16)23-14-24(26(30)31)35-27(33-23)21(15-32-35)28(37)34-22-12-11-19(29)13-20(22)25(36)18-5-3-2-4-6-18/h2-13,15,23-26,33,36H,14H2,1H3,(H,34,37)/t23-,24+,25+/m0/s1. The van der Waals surface area contributed by atoms with Gasteiger partial charge in [-0.15, -0.1) is 0 Å². The highest BCUT2D eigenvalue weighted by Gasteiger charge is 2.36. The lowest BCUT2D eigenvalue weighted by Crippen LogP contribution is -2.31. The zero-order valence-corrected chi connectivity index (χ0v) is 20.7. The van der Waals surface area contributed by atoms with Gasteiger partial charge in [-0.2, -0.15) is 5.10 Å². The van der Waals surface area contributed by atoms with Crippen molar-refractivity contribution >= 4 is 29.0 Å². The number of hydrogen-bond acceptors (Lipinski definition) is 4. The SMILES string of the molecule is Cc1ccc([C@@H]2C[C@H](C(F)F)n3ncc(C(=O)Nc4ccc(Cl)cc4[C@H](O)c4ccccc4)c3N2)cc1. The molecule has 4 aromatic rings. The van der Waals surface area contributed by atoms with E-state index in [0.29, 0.717) is 21.8 Å². The molecule has 1 amide bonds. The first-order valence-corrected chi connectivity index (χ1v) is 12.2. The summed E-state index contributed by atoms with van der Waals surface area (Å²) in [6, 6.07) is 19.8. The van der Waals surface area contributed by atoms with Crippen LogP contribution in [-0.4, -0.2) is 27.2 Å². The summed E-state index contributed by atoms with van der Waals surface area (Å²) in [5.74, 6) is -0.325. The Kier molecular flexibility index (Phi) is 6.95. The van der Waals surface area contributed by atoms with Crippen molar-refractivity contribution in [3.05, 3.63) is 112 Å². The smallest absolute Gasteiger partial charge is 0.261 e. The number of alkyl halides is 2. The van der Waals surface area contributed by atoms with Crippen molar-refractivity contribution in [2.45, 2.75) is 38.0 Å². The lowest BCUT2D eigenvalue weighted by molar-refractivity contribution is 0.0657. The number of hydrogen-bond donors (Lipinski definition) is 3. The van der Waals surface area contributed by atoms with Gasteiger partial charge in [0.05, 0.1) is 12.2 Å². The Labute approximate surface area is 217 Å². The number of aromatic nitrogens is 2. The molecule has 6 nitrogen and oxygen atoms in total. The summed E-state index contributed by atoms with van der Waals surface area (Å²) in [7, 11) is 0.